The van der Waals surface area contributed by atoms with Crippen LogP contribution in [0.5, 0.6) is 0 Å². The van der Waals surface area contributed by atoms with Gasteiger partial charge in [-0.2, -0.15) is 23.4 Å². The van der Waals surface area contributed by atoms with Crippen LogP contribution in [0.25, 0.3) is 27.5 Å². The number of carbonyl (C=O) groups excluding carboxylic acids is 1. The number of nitrogens with zero attached hydrogens (tertiary/aromatic N) is 3. The zero-order valence-corrected chi connectivity index (χ0v) is 15.1. The monoisotopic (exact) mass is 411 g/mol. The molecule has 3 aromatic heterocycles. The summed E-state index contributed by atoms with van der Waals surface area (Å²) in [5.41, 5.74) is -2.40. The quantitative estimate of drug-likeness (QED) is 0.377. The Morgan fingerprint density at radius 1 is 1.17 bits per heavy atom. The lowest BCUT2D eigenvalue weighted by molar-refractivity contribution is -0.139. The van der Waals surface area contributed by atoms with Crippen molar-refractivity contribution < 1.29 is 26.7 Å². The molecule has 29 heavy (non-hydrogen) atoms. The van der Waals surface area contributed by atoms with Crippen LogP contribution in [0.3, 0.4) is 0 Å². The molecule has 0 atom stereocenters. The number of aromatic nitrogens is 4. The Hall–Kier alpha value is -3.50. The number of amides is 1. The Morgan fingerprint density at radius 2 is 1.90 bits per heavy atom. The number of hydrogen-bond donors (Lipinski definition) is 2. The van der Waals surface area contributed by atoms with E-state index in [9.17, 15) is 26.7 Å². The Balaban J connectivity index is 0.00000117. The van der Waals surface area contributed by atoms with Crippen molar-refractivity contribution >= 4 is 28.6 Å². The van der Waals surface area contributed by atoms with E-state index in [4.69, 9.17) is 0 Å². The molecule has 11 heteroatoms. The molecule has 0 saturated heterocycles. The molecule has 4 aromatic rings. The number of halogens is 5. The fourth-order valence-corrected chi connectivity index (χ4v) is 2.95. The van der Waals surface area contributed by atoms with E-state index >= 15 is 0 Å². The Morgan fingerprint density at radius 3 is 2.55 bits per heavy atom. The molecule has 1 aromatic carbocycles. The molecule has 0 aliphatic rings. The molecule has 0 saturated carbocycles. The van der Waals surface area contributed by atoms with E-state index in [0.29, 0.717) is 11.9 Å². The summed E-state index contributed by atoms with van der Waals surface area (Å²) in [6, 6.07) is 4.01. The van der Waals surface area contributed by atoms with Gasteiger partial charge in [-0.05, 0) is 17.7 Å². The minimum atomic E-state index is -5.14. The number of pyridine rings is 1. The predicted octanol–water partition coefficient (Wildman–Crippen LogP) is 4.77. The second-order valence-corrected chi connectivity index (χ2v) is 5.61. The minimum absolute atomic E-state index is 0.0160. The van der Waals surface area contributed by atoms with Gasteiger partial charge in [0.1, 0.15) is 11.1 Å². The number of benzene rings is 1. The fraction of sp³-hybridized carbons (Fsp3) is 0.167. The zero-order valence-electron chi connectivity index (χ0n) is 15.1. The second kappa shape index (κ2) is 7.49. The fourth-order valence-electron chi connectivity index (χ4n) is 2.95. The highest BCUT2D eigenvalue weighted by atomic mass is 19.4. The first kappa shape index (κ1) is 20.2. The Kier molecular flexibility index (Phi) is 5.23. The van der Waals surface area contributed by atoms with Crippen LogP contribution < -0.4 is 5.32 Å². The molecule has 0 aliphatic carbocycles. The summed E-state index contributed by atoms with van der Waals surface area (Å²) in [5, 5.41) is 11.8. The molecule has 0 bridgehead atoms. The molecule has 152 valence electrons. The third-order valence-corrected chi connectivity index (χ3v) is 4.03. The summed E-state index contributed by atoms with van der Waals surface area (Å²) in [7, 11) is 0. The van der Waals surface area contributed by atoms with E-state index in [-0.39, 0.29) is 16.8 Å². The first-order valence-electron chi connectivity index (χ1n) is 8.42. The van der Waals surface area contributed by atoms with Crippen LogP contribution >= 0.6 is 0 Å². The lowest BCUT2D eigenvalue weighted by Gasteiger charge is -2.16. The van der Waals surface area contributed by atoms with Gasteiger partial charge in [0.05, 0.1) is 11.7 Å². The number of H-pyrrole nitrogens is 1. The summed E-state index contributed by atoms with van der Waals surface area (Å²) >= 11 is 0. The van der Waals surface area contributed by atoms with Gasteiger partial charge in [-0.1, -0.05) is 13.8 Å². The van der Waals surface area contributed by atoms with Crippen LogP contribution in [-0.4, -0.2) is 26.2 Å². The molecular formula is C18H14F5N5O. The third-order valence-electron chi connectivity index (χ3n) is 4.03. The lowest BCUT2D eigenvalue weighted by Crippen LogP contribution is -2.12. The van der Waals surface area contributed by atoms with Crippen molar-refractivity contribution in [3.8, 4) is 11.1 Å². The molecule has 0 unspecified atom stereocenters. The number of alkyl halides is 3. The van der Waals surface area contributed by atoms with Gasteiger partial charge in [0.2, 0.25) is 6.41 Å². The first-order valence-corrected chi connectivity index (χ1v) is 8.42. The van der Waals surface area contributed by atoms with Gasteiger partial charge >= 0.3 is 6.18 Å². The van der Waals surface area contributed by atoms with Crippen molar-refractivity contribution in [2.24, 2.45) is 0 Å². The number of rotatable bonds is 3. The third kappa shape index (κ3) is 3.39. The van der Waals surface area contributed by atoms with Gasteiger partial charge in [0.15, 0.2) is 17.5 Å². The maximum atomic E-state index is 14.3. The highest BCUT2D eigenvalue weighted by molar-refractivity contribution is 5.97. The SMILES string of the molecule is CC.O=CNc1cc2cc(-c3c(C(F)(F)F)c(F)c(F)c4[nH]ncc34)ccn2n1. The van der Waals surface area contributed by atoms with Gasteiger partial charge in [-0.25, -0.2) is 13.3 Å². The largest absolute Gasteiger partial charge is 0.419 e. The molecule has 2 N–H and O–H groups in total. The van der Waals surface area contributed by atoms with E-state index < -0.39 is 34.5 Å². The average molecular weight is 411 g/mol. The van der Waals surface area contributed by atoms with Gasteiger partial charge < -0.3 is 5.32 Å². The van der Waals surface area contributed by atoms with Crippen molar-refractivity contribution in [2.45, 2.75) is 20.0 Å². The summed E-state index contributed by atoms with van der Waals surface area (Å²) in [6.45, 7) is 4.00. The first-order chi connectivity index (χ1) is 13.8. The summed E-state index contributed by atoms with van der Waals surface area (Å²) in [5.74, 6) is -3.48. The van der Waals surface area contributed by atoms with Crippen LogP contribution in [0.4, 0.5) is 27.8 Å². The topological polar surface area (TPSA) is 75.1 Å². The van der Waals surface area contributed by atoms with E-state index in [2.05, 4.69) is 20.6 Å². The van der Waals surface area contributed by atoms with Crippen LogP contribution in [0, 0.1) is 11.6 Å². The summed E-state index contributed by atoms with van der Waals surface area (Å²) < 4.78 is 70.2. The normalized spacial score (nSPS) is 11.4. The van der Waals surface area contributed by atoms with E-state index in [1.165, 1.54) is 28.9 Å². The average Bonchev–Trinajstić information content (AvgIpc) is 3.31. The zero-order chi connectivity index (χ0) is 21.3. The highest BCUT2D eigenvalue weighted by Crippen LogP contribution is 2.44. The van der Waals surface area contributed by atoms with Crippen molar-refractivity contribution in [3.05, 3.63) is 47.8 Å². The van der Waals surface area contributed by atoms with Gasteiger partial charge in [-0.3, -0.25) is 9.89 Å². The molecule has 4 rings (SSSR count). The molecule has 0 aliphatic heterocycles. The number of anilines is 1. The maximum Gasteiger partial charge on any atom is 0.419 e. The molecule has 1 amide bonds. The van der Waals surface area contributed by atoms with Crippen LogP contribution in [-0.2, 0) is 11.0 Å². The maximum absolute atomic E-state index is 14.3. The van der Waals surface area contributed by atoms with E-state index in [1.807, 2.05) is 13.8 Å². The number of aromatic amines is 1. The van der Waals surface area contributed by atoms with Crippen molar-refractivity contribution in [1.82, 2.24) is 19.8 Å². The Labute approximate surface area is 160 Å². The van der Waals surface area contributed by atoms with Crippen LogP contribution in [0.2, 0.25) is 0 Å². The second-order valence-electron chi connectivity index (χ2n) is 5.61. The number of hydrogen-bond acceptors (Lipinski definition) is 3. The molecule has 0 fully saturated rings. The van der Waals surface area contributed by atoms with Crippen molar-refractivity contribution in [2.75, 3.05) is 5.32 Å². The van der Waals surface area contributed by atoms with Gasteiger partial charge in [0, 0.05) is 23.2 Å². The predicted molar refractivity (Wildman–Crippen MR) is 96.2 cm³/mol. The van der Waals surface area contributed by atoms with E-state index in [0.717, 1.165) is 6.20 Å². The highest BCUT2D eigenvalue weighted by Gasteiger charge is 2.40. The number of carbonyl (C=O) groups is 1. The number of fused-ring (bicyclic) bond motifs is 2. The minimum Gasteiger partial charge on any atom is -0.312 e. The molecule has 0 radical (unpaired) electrons. The van der Waals surface area contributed by atoms with Crippen molar-refractivity contribution in [1.29, 1.82) is 0 Å². The van der Waals surface area contributed by atoms with E-state index in [1.54, 1.807) is 0 Å². The van der Waals surface area contributed by atoms with Crippen LogP contribution in [0.15, 0.2) is 30.6 Å². The molecule has 6 nitrogen and oxygen atoms in total. The van der Waals surface area contributed by atoms with Gasteiger partial charge in [-0.15, -0.1) is 0 Å². The summed E-state index contributed by atoms with van der Waals surface area (Å²) in [6.07, 6.45) is -2.40. The number of nitrogens with one attached hydrogen (secondary N) is 2. The Bertz CT molecular complexity index is 1190. The van der Waals surface area contributed by atoms with Crippen LogP contribution in [0.1, 0.15) is 19.4 Å². The molecule has 3 heterocycles. The molecular weight excluding hydrogens is 397 g/mol. The summed E-state index contributed by atoms with van der Waals surface area (Å²) in [4.78, 5) is 10.5. The smallest absolute Gasteiger partial charge is 0.312 e. The molecule has 0 spiro atoms. The van der Waals surface area contributed by atoms with Gasteiger partial charge in [0.25, 0.3) is 0 Å². The lowest BCUT2D eigenvalue weighted by atomic mass is 9.95. The van der Waals surface area contributed by atoms with Crippen molar-refractivity contribution in [3.63, 3.8) is 0 Å². The standard InChI is InChI=1S/C16H8F5N5O.C2H6/c17-13-12(16(19,20)21)11(9-5-23-24-15(9)14(13)18)7-1-2-26-8(3-7)4-10(25-26)22-6-27;1-2/h1-6H,(H,23,24)(H,22,25,27);1-2H3.